The molecule has 0 aliphatic carbocycles. The molecule has 0 saturated carbocycles. The molecule has 20 heavy (non-hydrogen) atoms. The SMILES string of the molecule is CCCOc1ccc(C=C(C#N)C#N)c(OCCC)c1. The lowest BCUT2D eigenvalue weighted by Crippen LogP contribution is -1.99. The molecule has 1 aromatic rings. The van der Waals surface area contributed by atoms with Crippen LogP contribution in [0.5, 0.6) is 11.5 Å². The molecule has 0 fully saturated rings. The van der Waals surface area contributed by atoms with Crippen LogP contribution in [0.25, 0.3) is 6.08 Å². The van der Waals surface area contributed by atoms with Gasteiger partial charge in [0.15, 0.2) is 0 Å². The summed E-state index contributed by atoms with van der Waals surface area (Å²) < 4.78 is 11.2. The maximum Gasteiger partial charge on any atom is 0.130 e. The number of rotatable bonds is 7. The normalized spacial score (nSPS) is 9.20. The molecule has 0 N–H and O–H groups in total. The van der Waals surface area contributed by atoms with Crippen molar-refractivity contribution in [1.82, 2.24) is 0 Å². The van der Waals surface area contributed by atoms with E-state index in [-0.39, 0.29) is 5.57 Å². The van der Waals surface area contributed by atoms with Crippen LogP contribution in [0.15, 0.2) is 23.8 Å². The van der Waals surface area contributed by atoms with Crippen molar-refractivity contribution in [2.75, 3.05) is 13.2 Å². The van der Waals surface area contributed by atoms with Crippen LogP contribution in [0.2, 0.25) is 0 Å². The average molecular weight is 270 g/mol. The quantitative estimate of drug-likeness (QED) is 0.708. The summed E-state index contributed by atoms with van der Waals surface area (Å²) in [5, 5.41) is 17.6. The summed E-state index contributed by atoms with van der Waals surface area (Å²) in [7, 11) is 0. The van der Waals surface area contributed by atoms with Crippen molar-refractivity contribution < 1.29 is 9.47 Å². The maximum absolute atomic E-state index is 8.82. The van der Waals surface area contributed by atoms with Gasteiger partial charge in [0.25, 0.3) is 0 Å². The van der Waals surface area contributed by atoms with Gasteiger partial charge in [-0.25, -0.2) is 0 Å². The van der Waals surface area contributed by atoms with Crippen LogP contribution in [0, 0.1) is 22.7 Å². The number of benzene rings is 1. The lowest BCUT2D eigenvalue weighted by molar-refractivity contribution is 0.301. The van der Waals surface area contributed by atoms with Gasteiger partial charge in [0, 0.05) is 11.6 Å². The second-order valence-corrected chi connectivity index (χ2v) is 4.18. The zero-order valence-corrected chi connectivity index (χ0v) is 11.8. The van der Waals surface area contributed by atoms with Gasteiger partial charge in [0.1, 0.15) is 29.2 Å². The third-order valence-corrected chi connectivity index (χ3v) is 2.46. The smallest absolute Gasteiger partial charge is 0.130 e. The Hall–Kier alpha value is -2.46. The van der Waals surface area contributed by atoms with Gasteiger partial charge >= 0.3 is 0 Å². The fraction of sp³-hybridized carbons (Fsp3) is 0.375. The first-order valence-corrected chi connectivity index (χ1v) is 6.66. The van der Waals surface area contributed by atoms with E-state index in [0.29, 0.717) is 24.5 Å². The van der Waals surface area contributed by atoms with E-state index >= 15 is 0 Å². The maximum atomic E-state index is 8.82. The van der Waals surface area contributed by atoms with Crippen molar-refractivity contribution in [3.63, 3.8) is 0 Å². The molecule has 0 heterocycles. The van der Waals surface area contributed by atoms with Crippen LogP contribution in [-0.4, -0.2) is 13.2 Å². The van der Waals surface area contributed by atoms with Crippen molar-refractivity contribution >= 4 is 6.08 Å². The van der Waals surface area contributed by atoms with E-state index in [1.54, 1.807) is 12.1 Å². The molecule has 1 aromatic carbocycles. The van der Waals surface area contributed by atoms with Gasteiger partial charge in [-0.15, -0.1) is 0 Å². The highest BCUT2D eigenvalue weighted by atomic mass is 16.5. The predicted octanol–water partition coefficient (Wildman–Crippen LogP) is 3.69. The molecule has 0 atom stereocenters. The monoisotopic (exact) mass is 270 g/mol. The van der Waals surface area contributed by atoms with Gasteiger partial charge in [-0.2, -0.15) is 10.5 Å². The Labute approximate surface area is 119 Å². The highest BCUT2D eigenvalue weighted by molar-refractivity contribution is 5.67. The van der Waals surface area contributed by atoms with E-state index in [0.717, 1.165) is 18.6 Å². The number of hydrogen-bond acceptors (Lipinski definition) is 4. The molecule has 0 aromatic heterocycles. The first-order chi connectivity index (χ1) is 9.74. The second-order valence-electron chi connectivity index (χ2n) is 4.18. The van der Waals surface area contributed by atoms with E-state index in [4.69, 9.17) is 20.0 Å². The van der Waals surface area contributed by atoms with Crippen molar-refractivity contribution in [2.45, 2.75) is 26.7 Å². The molecule has 0 amide bonds. The Morgan fingerprint density at radius 1 is 1.10 bits per heavy atom. The Bertz CT molecular complexity index is 535. The van der Waals surface area contributed by atoms with Gasteiger partial charge in [-0.1, -0.05) is 13.8 Å². The van der Waals surface area contributed by atoms with Crippen molar-refractivity contribution in [2.24, 2.45) is 0 Å². The fourth-order valence-corrected chi connectivity index (χ4v) is 1.53. The minimum absolute atomic E-state index is 0.0496. The van der Waals surface area contributed by atoms with Crippen molar-refractivity contribution in [3.8, 4) is 23.6 Å². The van der Waals surface area contributed by atoms with Crippen LogP contribution in [0.1, 0.15) is 32.3 Å². The highest BCUT2D eigenvalue weighted by Gasteiger charge is 2.06. The molecule has 0 aliphatic heterocycles. The Balaban J connectivity index is 3.07. The lowest BCUT2D eigenvalue weighted by Gasteiger charge is -2.11. The largest absolute Gasteiger partial charge is 0.493 e. The molecule has 0 spiro atoms. The fourth-order valence-electron chi connectivity index (χ4n) is 1.53. The summed E-state index contributed by atoms with van der Waals surface area (Å²) in [6.45, 7) is 5.28. The topological polar surface area (TPSA) is 66.0 Å². The van der Waals surface area contributed by atoms with Crippen molar-refractivity contribution in [3.05, 3.63) is 29.3 Å². The van der Waals surface area contributed by atoms with E-state index in [2.05, 4.69) is 0 Å². The van der Waals surface area contributed by atoms with E-state index in [1.165, 1.54) is 6.08 Å². The van der Waals surface area contributed by atoms with E-state index < -0.39 is 0 Å². The zero-order chi connectivity index (χ0) is 14.8. The van der Waals surface area contributed by atoms with E-state index in [1.807, 2.05) is 32.1 Å². The molecule has 0 aliphatic rings. The molecule has 0 saturated heterocycles. The number of nitrogens with zero attached hydrogens (tertiary/aromatic N) is 2. The molecule has 0 bridgehead atoms. The number of ether oxygens (including phenoxy) is 2. The average Bonchev–Trinajstić information content (AvgIpc) is 2.49. The number of allylic oxidation sites excluding steroid dienone is 1. The van der Waals surface area contributed by atoms with Crippen LogP contribution >= 0.6 is 0 Å². The summed E-state index contributed by atoms with van der Waals surface area (Å²) in [5.41, 5.74) is 0.758. The molecular weight excluding hydrogens is 252 g/mol. The van der Waals surface area contributed by atoms with Gasteiger partial charge in [-0.3, -0.25) is 0 Å². The lowest BCUT2D eigenvalue weighted by atomic mass is 10.1. The van der Waals surface area contributed by atoms with Gasteiger partial charge in [0.2, 0.25) is 0 Å². The molecule has 4 nitrogen and oxygen atoms in total. The summed E-state index contributed by atoms with van der Waals surface area (Å²) in [5.74, 6) is 1.36. The minimum Gasteiger partial charge on any atom is -0.493 e. The van der Waals surface area contributed by atoms with Crippen LogP contribution < -0.4 is 9.47 Å². The number of hydrogen-bond donors (Lipinski definition) is 0. The molecule has 1 rings (SSSR count). The van der Waals surface area contributed by atoms with Crippen LogP contribution in [-0.2, 0) is 0 Å². The first-order valence-electron chi connectivity index (χ1n) is 6.66. The summed E-state index contributed by atoms with van der Waals surface area (Å²) in [4.78, 5) is 0. The highest BCUT2D eigenvalue weighted by Crippen LogP contribution is 2.27. The standard InChI is InChI=1S/C16H18N2O2/c1-3-7-19-15-6-5-14(9-13(11-17)12-18)16(10-15)20-8-4-2/h5-6,9-10H,3-4,7-8H2,1-2H3. The molecule has 0 unspecified atom stereocenters. The summed E-state index contributed by atoms with van der Waals surface area (Å²) in [6.07, 6.45) is 3.33. The van der Waals surface area contributed by atoms with E-state index in [9.17, 15) is 0 Å². The third kappa shape index (κ3) is 4.66. The van der Waals surface area contributed by atoms with Crippen LogP contribution in [0.4, 0.5) is 0 Å². The van der Waals surface area contributed by atoms with Gasteiger partial charge in [0.05, 0.1) is 13.2 Å². The van der Waals surface area contributed by atoms with Crippen LogP contribution in [0.3, 0.4) is 0 Å². The molecule has 104 valence electrons. The summed E-state index contributed by atoms with van der Waals surface area (Å²) in [6, 6.07) is 9.09. The number of nitriles is 2. The first kappa shape index (κ1) is 15.6. The predicted molar refractivity (Wildman–Crippen MR) is 77.2 cm³/mol. The minimum atomic E-state index is 0.0496. The third-order valence-electron chi connectivity index (χ3n) is 2.46. The van der Waals surface area contributed by atoms with Gasteiger partial charge < -0.3 is 9.47 Å². The van der Waals surface area contributed by atoms with Gasteiger partial charge in [-0.05, 0) is 31.1 Å². The molecule has 0 radical (unpaired) electrons. The summed E-state index contributed by atoms with van der Waals surface area (Å²) >= 11 is 0. The zero-order valence-electron chi connectivity index (χ0n) is 11.8. The Morgan fingerprint density at radius 3 is 2.35 bits per heavy atom. The van der Waals surface area contributed by atoms with Crippen molar-refractivity contribution in [1.29, 1.82) is 10.5 Å². The Morgan fingerprint density at radius 2 is 1.75 bits per heavy atom. The Kier molecular flexibility index (Phi) is 6.71. The molecular formula is C16H18N2O2. The second kappa shape index (κ2) is 8.61. The molecule has 4 heteroatoms.